The zero-order valence-corrected chi connectivity index (χ0v) is 8.25. The van der Waals surface area contributed by atoms with Crippen LogP contribution in [-0.4, -0.2) is 29.4 Å². The Hall–Kier alpha value is -1.60. The first kappa shape index (κ1) is 12.5. The van der Waals surface area contributed by atoms with Crippen molar-refractivity contribution in [2.75, 3.05) is 12.8 Å². The highest BCUT2D eigenvalue weighted by atomic mass is 19.3. The van der Waals surface area contributed by atoms with Crippen LogP contribution >= 0.6 is 0 Å². The molecule has 0 saturated carbocycles. The molecule has 0 saturated heterocycles. The van der Waals surface area contributed by atoms with Gasteiger partial charge in [0.15, 0.2) is 0 Å². The molecule has 4 nitrogen and oxygen atoms in total. The second-order valence-electron chi connectivity index (χ2n) is 3.00. The molecule has 8 heteroatoms. The van der Waals surface area contributed by atoms with E-state index in [1.165, 1.54) is 7.11 Å². The molecule has 0 fully saturated rings. The maximum absolute atomic E-state index is 12.8. The van der Waals surface area contributed by atoms with E-state index >= 15 is 0 Å². The van der Waals surface area contributed by atoms with Crippen LogP contribution in [0.1, 0.15) is 5.56 Å². The maximum atomic E-state index is 12.8. The maximum Gasteiger partial charge on any atom is 0.311 e. The van der Waals surface area contributed by atoms with Crippen LogP contribution < -0.4 is 10.5 Å². The van der Waals surface area contributed by atoms with Gasteiger partial charge in [0.1, 0.15) is 0 Å². The van der Waals surface area contributed by atoms with Crippen LogP contribution in [0.5, 0.6) is 5.88 Å². The Morgan fingerprint density at radius 2 is 2.12 bits per heavy atom. The molecule has 1 aromatic heterocycles. The van der Waals surface area contributed by atoms with Crippen molar-refractivity contribution < 1.29 is 22.3 Å². The summed E-state index contributed by atoms with van der Waals surface area (Å²) >= 11 is 0. The first-order valence-electron chi connectivity index (χ1n) is 4.18. The number of anilines is 1. The van der Waals surface area contributed by atoms with Gasteiger partial charge in [0.05, 0.1) is 7.11 Å². The average molecular weight is 239 g/mol. The van der Waals surface area contributed by atoms with E-state index < -0.39 is 18.8 Å². The molecule has 0 unspecified atom stereocenters. The predicted molar refractivity (Wildman–Crippen MR) is 47.7 cm³/mol. The number of alkyl halides is 4. The third-order valence-corrected chi connectivity index (χ3v) is 1.78. The highest BCUT2D eigenvalue weighted by Gasteiger charge is 2.41. The first-order valence-corrected chi connectivity index (χ1v) is 4.18. The number of hydrogen-bond donors (Lipinski definition) is 1. The summed E-state index contributed by atoms with van der Waals surface area (Å²) in [6.07, 6.45) is -4.01. The van der Waals surface area contributed by atoms with Crippen LogP contribution in [0.2, 0.25) is 0 Å². The van der Waals surface area contributed by atoms with Crippen LogP contribution in [0.3, 0.4) is 0 Å². The Bertz CT molecular complexity index is 372. The fraction of sp³-hybridized carbons (Fsp3) is 0.500. The molecule has 0 aromatic carbocycles. The first-order chi connectivity index (χ1) is 7.36. The summed E-state index contributed by atoms with van der Waals surface area (Å²) in [5, 5.41) is 0. The molecule has 1 heterocycles. The number of rotatable bonds is 4. The van der Waals surface area contributed by atoms with Gasteiger partial charge in [0.2, 0.25) is 11.8 Å². The van der Waals surface area contributed by atoms with Crippen molar-refractivity contribution in [3.8, 4) is 5.88 Å². The molecule has 90 valence electrons. The number of halogens is 4. The zero-order chi connectivity index (χ0) is 12.3. The molecule has 1 rings (SSSR count). The summed E-state index contributed by atoms with van der Waals surface area (Å²) in [7, 11) is 1.17. The summed E-state index contributed by atoms with van der Waals surface area (Å²) in [6, 6.07) is 0. The van der Waals surface area contributed by atoms with Gasteiger partial charge in [0, 0.05) is 18.2 Å². The van der Waals surface area contributed by atoms with Crippen LogP contribution in [0.25, 0.3) is 0 Å². The van der Waals surface area contributed by atoms with Gasteiger partial charge in [-0.3, -0.25) is 0 Å². The van der Waals surface area contributed by atoms with Crippen molar-refractivity contribution in [1.29, 1.82) is 0 Å². The van der Waals surface area contributed by atoms with Crippen molar-refractivity contribution in [3.63, 3.8) is 0 Å². The molecule has 0 bridgehead atoms. The van der Waals surface area contributed by atoms with Gasteiger partial charge in [-0.2, -0.15) is 13.8 Å². The van der Waals surface area contributed by atoms with E-state index in [1.54, 1.807) is 0 Å². The summed E-state index contributed by atoms with van der Waals surface area (Å²) in [5.74, 6) is -4.55. The average Bonchev–Trinajstić information content (AvgIpc) is 2.20. The van der Waals surface area contributed by atoms with Crippen molar-refractivity contribution in [2.45, 2.75) is 18.8 Å². The summed E-state index contributed by atoms with van der Waals surface area (Å²) in [6.45, 7) is 0. The Balaban J connectivity index is 2.97. The molecular weight excluding hydrogens is 230 g/mol. The fourth-order valence-corrected chi connectivity index (χ4v) is 1.03. The van der Waals surface area contributed by atoms with E-state index in [2.05, 4.69) is 14.7 Å². The molecule has 0 aliphatic heterocycles. The van der Waals surface area contributed by atoms with E-state index in [0.29, 0.717) is 0 Å². The van der Waals surface area contributed by atoms with E-state index in [0.717, 1.165) is 6.20 Å². The van der Waals surface area contributed by atoms with E-state index in [4.69, 9.17) is 5.73 Å². The highest BCUT2D eigenvalue weighted by Crippen LogP contribution is 2.30. The number of ether oxygens (including phenoxy) is 1. The second-order valence-corrected chi connectivity index (χ2v) is 3.00. The molecule has 2 N–H and O–H groups in total. The van der Waals surface area contributed by atoms with Crippen molar-refractivity contribution >= 4 is 5.95 Å². The lowest BCUT2D eigenvalue weighted by molar-refractivity contribution is -0.127. The van der Waals surface area contributed by atoms with Crippen molar-refractivity contribution in [1.82, 2.24) is 9.97 Å². The highest BCUT2D eigenvalue weighted by molar-refractivity contribution is 5.30. The smallest absolute Gasteiger partial charge is 0.311 e. The van der Waals surface area contributed by atoms with Gasteiger partial charge >= 0.3 is 12.3 Å². The lowest BCUT2D eigenvalue weighted by Crippen LogP contribution is -2.29. The third-order valence-electron chi connectivity index (χ3n) is 1.78. The topological polar surface area (TPSA) is 61.0 Å². The minimum absolute atomic E-state index is 0.180. The number of hydrogen-bond acceptors (Lipinski definition) is 4. The van der Waals surface area contributed by atoms with E-state index in [-0.39, 0.29) is 17.4 Å². The molecule has 0 amide bonds. The molecule has 0 aliphatic carbocycles. The summed E-state index contributed by atoms with van der Waals surface area (Å²) in [4.78, 5) is 6.94. The Morgan fingerprint density at radius 3 is 2.62 bits per heavy atom. The van der Waals surface area contributed by atoms with Gasteiger partial charge in [-0.25, -0.2) is 13.8 Å². The number of methoxy groups -OCH3 is 1. The number of nitrogens with two attached hydrogens (primary N) is 1. The monoisotopic (exact) mass is 239 g/mol. The minimum Gasteiger partial charge on any atom is -0.481 e. The largest absolute Gasteiger partial charge is 0.481 e. The van der Waals surface area contributed by atoms with Gasteiger partial charge in [-0.1, -0.05) is 0 Å². The van der Waals surface area contributed by atoms with Crippen LogP contribution in [-0.2, 0) is 6.42 Å². The van der Waals surface area contributed by atoms with Crippen molar-refractivity contribution in [2.24, 2.45) is 0 Å². The lowest BCUT2D eigenvalue weighted by Gasteiger charge is -2.16. The number of nitrogen functional groups attached to an aromatic ring is 1. The van der Waals surface area contributed by atoms with Crippen molar-refractivity contribution in [3.05, 3.63) is 11.8 Å². The Morgan fingerprint density at radius 1 is 1.50 bits per heavy atom. The molecule has 0 spiro atoms. The fourth-order valence-electron chi connectivity index (χ4n) is 1.03. The van der Waals surface area contributed by atoms with Gasteiger partial charge < -0.3 is 10.5 Å². The molecule has 0 radical (unpaired) electrons. The normalized spacial score (nSPS) is 11.9. The van der Waals surface area contributed by atoms with E-state index in [9.17, 15) is 17.6 Å². The number of nitrogens with zero attached hydrogens (tertiary/aromatic N) is 2. The van der Waals surface area contributed by atoms with Crippen LogP contribution in [0.4, 0.5) is 23.5 Å². The summed E-state index contributed by atoms with van der Waals surface area (Å²) in [5.41, 5.74) is 4.97. The second kappa shape index (κ2) is 4.50. The van der Waals surface area contributed by atoms with E-state index in [1.807, 2.05) is 0 Å². The molecular formula is C8H9F4N3O. The predicted octanol–water partition coefficient (Wildman–Crippen LogP) is 1.51. The molecule has 16 heavy (non-hydrogen) atoms. The minimum atomic E-state index is -4.15. The zero-order valence-electron chi connectivity index (χ0n) is 8.25. The Kier molecular flexibility index (Phi) is 3.51. The third kappa shape index (κ3) is 2.71. The Labute approximate surface area is 88.4 Å². The molecule has 0 atom stereocenters. The molecule has 0 aliphatic rings. The standard InChI is InChI=1S/C8H9F4N3O/c1-16-5-4(3-14-7(13)15-5)2-8(11,12)6(9)10/h3,6H,2H2,1H3,(H2,13,14,15). The lowest BCUT2D eigenvalue weighted by atomic mass is 10.1. The van der Waals surface area contributed by atoms with Crippen LogP contribution in [0, 0.1) is 0 Å². The SMILES string of the molecule is COc1nc(N)ncc1CC(F)(F)C(F)F. The van der Waals surface area contributed by atoms with Gasteiger partial charge in [0.25, 0.3) is 0 Å². The molecule has 1 aromatic rings. The van der Waals surface area contributed by atoms with Gasteiger partial charge in [-0.05, 0) is 0 Å². The van der Waals surface area contributed by atoms with Gasteiger partial charge in [-0.15, -0.1) is 0 Å². The van der Waals surface area contributed by atoms with Crippen LogP contribution in [0.15, 0.2) is 6.20 Å². The summed E-state index contributed by atoms with van der Waals surface area (Å²) < 4.78 is 54.1. The quantitative estimate of drug-likeness (QED) is 0.809. The number of aromatic nitrogens is 2.